The molecule has 3 rings (SSSR count). The molecular weight excluding hydrogens is 350 g/mol. The topological polar surface area (TPSA) is 70.2 Å². The molecule has 0 bridgehead atoms. The van der Waals surface area contributed by atoms with Gasteiger partial charge in [-0.3, -0.25) is 14.9 Å². The van der Waals surface area contributed by atoms with Crippen LogP contribution in [0.15, 0.2) is 66.7 Å². The third kappa shape index (κ3) is 4.75. The van der Waals surface area contributed by atoms with Crippen LogP contribution < -0.4 is 16.0 Å². The molecule has 0 heterocycles. The first-order chi connectivity index (χ1) is 13.4. The van der Waals surface area contributed by atoms with Gasteiger partial charge in [0, 0.05) is 24.3 Å². The van der Waals surface area contributed by atoms with Crippen molar-refractivity contribution in [2.24, 2.45) is 0 Å². The van der Waals surface area contributed by atoms with Crippen LogP contribution in [0.3, 0.4) is 0 Å². The van der Waals surface area contributed by atoms with Crippen LogP contribution in [-0.4, -0.2) is 17.9 Å². The Morgan fingerprint density at radius 3 is 2.07 bits per heavy atom. The predicted molar refractivity (Wildman–Crippen MR) is 114 cm³/mol. The van der Waals surface area contributed by atoms with Gasteiger partial charge in [0.2, 0.25) is 11.8 Å². The van der Waals surface area contributed by atoms with Crippen LogP contribution in [0.1, 0.15) is 32.4 Å². The van der Waals surface area contributed by atoms with Gasteiger partial charge in [0.15, 0.2) is 0 Å². The highest BCUT2D eigenvalue weighted by Gasteiger charge is 2.17. The molecule has 28 heavy (non-hydrogen) atoms. The monoisotopic (exact) mass is 375 g/mol. The van der Waals surface area contributed by atoms with E-state index >= 15 is 0 Å². The van der Waals surface area contributed by atoms with E-state index in [4.69, 9.17) is 0 Å². The van der Waals surface area contributed by atoms with Crippen molar-refractivity contribution in [2.75, 3.05) is 10.6 Å². The first kappa shape index (κ1) is 19.6. The van der Waals surface area contributed by atoms with Crippen molar-refractivity contribution in [1.29, 1.82) is 0 Å². The molecule has 0 saturated carbocycles. The van der Waals surface area contributed by atoms with E-state index in [1.54, 1.807) is 24.3 Å². The van der Waals surface area contributed by atoms with Gasteiger partial charge >= 0.3 is 0 Å². The maximum Gasteiger partial charge on any atom is 0.241 e. The smallest absolute Gasteiger partial charge is 0.241 e. The zero-order valence-electron chi connectivity index (χ0n) is 16.3. The first-order valence-corrected chi connectivity index (χ1v) is 9.36. The normalized spacial score (nSPS) is 13.0. The second-order valence-electron chi connectivity index (χ2n) is 6.93. The molecule has 5 nitrogen and oxygen atoms in total. The summed E-state index contributed by atoms with van der Waals surface area (Å²) in [6.07, 6.45) is 0. The number of carbonyl (C=O) groups is 2. The third-order valence-electron chi connectivity index (χ3n) is 4.66. The van der Waals surface area contributed by atoms with Crippen LogP contribution in [0.25, 0.3) is 10.8 Å². The Morgan fingerprint density at radius 1 is 0.786 bits per heavy atom. The highest BCUT2D eigenvalue weighted by molar-refractivity contribution is 5.95. The number of anilines is 2. The molecule has 0 aliphatic heterocycles. The van der Waals surface area contributed by atoms with Crippen LogP contribution in [0, 0.1) is 0 Å². The average Bonchev–Trinajstić information content (AvgIpc) is 2.68. The van der Waals surface area contributed by atoms with E-state index in [1.165, 1.54) is 17.7 Å². The van der Waals surface area contributed by atoms with Crippen LogP contribution in [0.5, 0.6) is 0 Å². The lowest BCUT2D eigenvalue weighted by molar-refractivity contribution is -0.118. The fraction of sp³-hybridized carbons (Fsp3) is 0.217. The molecule has 5 heteroatoms. The molecule has 0 aliphatic rings. The van der Waals surface area contributed by atoms with E-state index < -0.39 is 0 Å². The minimum absolute atomic E-state index is 0.0222. The summed E-state index contributed by atoms with van der Waals surface area (Å²) in [5.41, 5.74) is 2.55. The highest BCUT2D eigenvalue weighted by atomic mass is 16.2. The summed E-state index contributed by atoms with van der Waals surface area (Å²) in [7, 11) is 0. The zero-order valence-corrected chi connectivity index (χ0v) is 16.3. The van der Waals surface area contributed by atoms with Gasteiger partial charge in [0.1, 0.15) is 0 Å². The number of carbonyl (C=O) groups excluding carboxylic acids is 2. The van der Waals surface area contributed by atoms with Crippen LogP contribution in [0.2, 0.25) is 0 Å². The molecule has 0 unspecified atom stereocenters. The average molecular weight is 375 g/mol. The molecule has 2 atom stereocenters. The molecule has 0 spiro atoms. The fourth-order valence-electron chi connectivity index (χ4n) is 3.26. The maximum absolute atomic E-state index is 12.6. The molecule has 144 valence electrons. The number of benzene rings is 3. The highest BCUT2D eigenvalue weighted by Crippen LogP contribution is 2.24. The molecule has 0 saturated heterocycles. The predicted octanol–water partition coefficient (Wildman–Crippen LogP) is 4.48. The molecule has 0 radical (unpaired) electrons. The molecule has 3 N–H and O–H groups in total. The van der Waals surface area contributed by atoms with Crippen molar-refractivity contribution in [3.63, 3.8) is 0 Å². The molecule has 2 amide bonds. The van der Waals surface area contributed by atoms with Crippen molar-refractivity contribution in [3.8, 4) is 0 Å². The molecule has 0 aliphatic carbocycles. The van der Waals surface area contributed by atoms with Gasteiger partial charge in [-0.05, 0) is 54.4 Å². The van der Waals surface area contributed by atoms with Gasteiger partial charge in [-0.1, -0.05) is 42.5 Å². The van der Waals surface area contributed by atoms with Crippen LogP contribution in [0.4, 0.5) is 11.4 Å². The first-order valence-electron chi connectivity index (χ1n) is 9.36. The van der Waals surface area contributed by atoms with E-state index in [2.05, 4.69) is 47.1 Å². The van der Waals surface area contributed by atoms with Gasteiger partial charge in [-0.25, -0.2) is 0 Å². The Labute approximate surface area is 165 Å². The minimum atomic E-state index is -0.371. The zero-order chi connectivity index (χ0) is 20.1. The summed E-state index contributed by atoms with van der Waals surface area (Å²) in [4.78, 5) is 23.6. The lowest BCUT2D eigenvalue weighted by atomic mass is 9.99. The van der Waals surface area contributed by atoms with Gasteiger partial charge in [0.05, 0.1) is 6.04 Å². The summed E-state index contributed by atoms with van der Waals surface area (Å²) in [5.74, 6) is -0.239. The Bertz CT molecular complexity index is 977. The van der Waals surface area contributed by atoms with Crippen molar-refractivity contribution < 1.29 is 9.59 Å². The summed E-state index contributed by atoms with van der Waals surface area (Å²) < 4.78 is 0. The number of nitrogens with one attached hydrogen (secondary N) is 3. The Balaban J connectivity index is 1.64. The number of rotatable bonds is 6. The maximum atomic E-state index is 12.6. The van der Waals surface area contributed by atoms with Crippen LogP contribution in [-0.2, 0) is 9.59 Å². The minimum Gasteiger partial charge on any atom is -0.326 e. The number of amides is 2. The SMILES string of the molecule is CC(=O)Nc1ccc(NC(=O)[C@H](C)N[C@H](C)c2cccc3ccccc23)cc1. The Hall–Kier alpha value is -3.18. The standard InChI is InChI=1S/C23H25N3O2/c1-15(21-10-6-8-18-7-4-5-9-22(18)21)24-16(2)23(28)26-20-13-11-19(12-14-20)25-17(3)27/h4-16,24H,1-3H3,(H,25,27)(H,26,28)/t15-,16+/m1/s1. The van der Waals surface area contributed by atoms with Gasteiger partial charge in [-0.2, -0.15) is 0 Å². The summed E-state index contributed by atoms with van der Waals surface area (Å²) in [6.45, 7) is 5.37. The van der Waals surface area contributed by atoms with E-state index in [0.717, 1.165) is 5.56 Å². The van der Waals surface area contributed by atoms with Gasteiger partial charge in [0.25, 0.3) is 0 Å². The molecule has 3 aromatic rings. The summed E-state index contributed by atoms with van der Waals surface area (Å²) in [6, 6.07) is 21.2. The number of hydrogen-bond donors (Lipinski definition) is 3. The van der Waals surface area contributed by atoms with Crippen molar-refractivity contribution in [2.45, 2.75) is 32.9 Å². The van der Waals surface area contributed by atoms with Crippen LogP contribution >= 0.6 is 0 Å². The fourth-order valence-corrected chi connectivity index (χ4v) is 3.26. The summed E-state index contributed by atoms with van der Waals surface area (Å²) in [5, 5.41) is 11.4. The van der Waals surface area contributed by atoms with Crippen molar-refractivity contribution in [3.05, 3.63) is 72.3 Å². The summed E-state index contributed by atoms with van der Waals surface area (Å²) >= 11 is 0. The quantitative estimate of drug-likeness (QED) is 0.595. The van der Waals surface area contributed by atoms with E-state index in [0.29, 0.717) is 11.4 Å². The van der Waals surface area contributed by atoms with E-state index in [-0.39, 0.29) is 23.9 Å². The third-order valence-corrected chi connectivity index (χ3v) is 4.66. The van der Waals surface area contributed by atoms with Crippen molar-refractivity contribution in [1.82, 2.24) is 5.32 Å². The van der Waals surface area contributed by atoms with E-state index in [1.807, 2.05) is 25.1 Å². The number of fused-ring (bicyclic) bond motifs is 1. The van der Waals surface area contributed by atoms with E-state index in [9.17, 15) is 9.59 Å². The lowest BCUT2D eigenvalue weighted by Crippen LogP contribution is -2.39. The molecule has 3 aromatic carbocycles. The number of hydrogen-bond acceptors (Lipinski definition) is 3. The lowest BCUT2D eigenvalue weighted by Gasteiger charge is -2.21. The largest absolute Gasteiger partial charge is 0.326 e. The van der Waals surface area contributed by atoms with Crippen molar-refractivity contribution >= 4 is 34.0 Å². The Kier molecular flexibility index (Phi) is 6.06. The van der Waals surface area contributed by atoms with Gasteiger partial charge < -0.3 is 10.6 Å². The molecule has 0 fully saturated rings. The molecular formula is C23H25N3O2. The van der Waals surface area contributed by atoms with Gasteiger partial charge in [-0.15, -0.1) is 0 Å². The molecule has 0 aromatic heterocycles. The second kappa shape index (κ2) is 8.67. The second-order valence-corrected chi connectivity index (χ2v) is 6.93. The Morgan fingerprint density at radius 2 is 1.39 bits per heavy atom.